The maximum absolute atomic E-state index is 5.51. The van der Waals surface area contributed by atoms with Crippen LogP contribution in [0, 0.1) is 6.92 Å². The molecule has 1 heterocycles. The molecule has 0 saturated carbocycles. The molecule has 100 valence electrons. The van der Waals surface area contributed by atoms with Crippen molar-refractivity contribution >= 4 is 0 Å². The molecule has 0 aliphatic carbocycles. The number of aryl methyl sites for hydroxylation is 1. The van der Waals surface area contributed by atoms with Gasteiger partial charge in [0, 0.05) is 11.6 Å². The van der Waals surface area contributed by atoms with Crippen LogP contribution in [-0.4, -0.2) is 26.7 Å². The molecule has 1 aromatic rings. The number of likely N-dealkylation sites (N-methyl/N-ethyl adjacent to an activating group) is 1. The summed E-state index contributed by atoms with van der Waals surface area (Å²) in [7, 11) is 3.78. The Labute approximate surface area is 110 Å². The van der Waals surface area contributed by atoms with Gasteiger partial charge in [-0.1, -0.05) is 24.1 Å². The van der Waals surface area contributed by atoms with Crippen molar-refractivity contribution in [2.45, 2.75) is 38.3 Å². The lowest BCUT2D eigenvalue weighted by molar-refractivity contribution is 0.316. The number of rotatable bonds is 4. The van der Waals surface area contributed by atoms with Gasteiger partial charge >= 0.3 is 0 Å². The van der Waals surface area contributed by atoms with E-state index in [1.54, 1.807) is 7.11 Å². The third-order valence-electron chi connectivity index (χ3n) is 3.78. The highest BCUT2D eigenvalue weighted by atomic mass is 16.5. The number of hydrogen-bond donors (Lipinski definition) is 2. The number of nitrogens with one attached hydrogen (secondary N) is 2. The Kier molecular flexibility index (Phi) is 4.61. The summed E-state index contributed by atoms with van der Waals surface area (Å²) in [6.45, 7) is 3.25. The van der Waals surface area contributed by atoms with Crippen molar-refractivity contribution in [2.75, 3.05) is 20.7 Å². The molecule has 1 saturated heterocycles. The fraction of sp³-hybridized carbons (Fsp3) is 0.600. The molecule has 0 amide bonds. The Morgan fingerprint density at radius 3 is 2.83 bits per heavy atom. The van der Waals surface area contributed by atoms with Crippen molar-refractivity contribution in [3.05, 3.63) is 29.3 Å². The molecule has 2 N–H and O–H groups in total. The van der Waals surface area contributed by atoms with Crippen molar-refractivity contribution < 1.29 is 4.74 Å². The Balaban J connectivity index is 2.27. The second-order valence-corrected chi connectivity index (χ2v) is 5.07. The number of piperidine rings is 1. The zero-order valence-corrected chi connectivity index (χ0v) is 11.6. The number of benzene rings is 1. The predicted molar refractivity (Wildman–Crippen MR) is 75.2 cm³/mol. The molecule has 1 aromatic carbocycles. The van der Waals surface area contributed by atoms with E-state index in [0.717, 1.165) is 12.3 Å². The van der Waals surface area contributed by atoms with E-state index >= 15 is 0 Å². The summed E-state index contributed by atoms with van der Waals surface area (Å²) in [5, 5.41) is 7.07. The van der Waals surface area contributed by atoms with Crippen LogP contribution in [0.2, 0.25) is 0 Å². The minimum atomic E-state index is 0.320. The van der Waals surface area contributed by atoms with Crippen LogP contribution in [0.15, 0.2) is 18.2 Å². The van der Waals surface area contributed by atoms with E-state index in [1.807, 2.05) is 7.05 Å². The second-order valence-electron chi connectivity index (χ2n) is 5.07. The van der Waals surface area contributed by atoms with Gasteiger partial charge in [0.15, 0.2) is 0 Å². The average molecular weight is 248 g/mol. The van der Waals surface area contributed by atoms with Gasteiger partial charge in [-0.3, -0.25) is 0 Å². The molecular formula is C15H24N2O. The Hall–Kier alpha value is -1.06. The van der Waals surface area contributed by atoms with Gasteiger partial charge in [0.25, 0.3) is 0 Å². The molecule has 0 spiro atoms. The summed E-state index contributed by atoms with van der Waals surface area (Å²) in [6.07, 6.45) is 3.82. The fourth-order valence-electron chi connectivity index (χ4n) is 2.83. The summed E-state index contributed by atoms with van der Waals surface area (Å²) < 4.78 is 5.51. The molecule has 1 aliphatic rings. The highest BCUT2D eigenvalue weighted by Gasteiger charge is 2.25. The van der Waals surface area contributed by atoms with E-state index in [1.165, 1.54) is 30.4 Å². The topological polar surface area (TPSA) is 33.3 Å². The van der Waals surface area contributed by atoms with Crippen LogP contribution in [0.3, 0.4) is 0 Å². The monoisotopic (exact) mass is 248 g/mol. The van der Waals surface area contributed by atoms with Crippen molar-refractivity contribution in [2.24, 2.45) is 0 Å². The van der Waals surface area contributed by atoms with Gasteiger partial charge in [-0.15, -0.1) is 0 Å². The third-order valence-corrected chi connectivity index (χ3v) is 3.78. The van der Waals surface area contributed by atoms with Crippen LogP contribution >= 0.6 is 0 Å². The number of hydrogen-bond acceptors (Lipinski definition) is 3. The predicted octanol–water partition coefficient (Wildman–Crippen LogP) is 2.41. The molecule has 2 atom stereocenters. The molecule has 2 rings (SSSR count). The van der Waals surface area contributed by atoms with Crippen LogP contribution < -0.4 is 15.4 Å². The van der Waals surface area contributed by atoms with E-state index in [2.05, 4.69) is 35.8 Å². The number of ether oxygens (including phenoxy) is 1. The van der Waals surface area contributed by atoms with Crippen molar-refractivity contribution in [1.82, 2.24) is 10.6 Å². The number of methoxy groups -OCH3 is 1. The van der Waals surface area contributed by atoms with E-state index < -0.39 is 0 Å². The first kappa shape index (κ1) is 13.4. The van der Waals surface area contributed by atoms with Crippen LogP contribution in [0.4, 0.5) is 0 Å². The molecule has 0 radical (unpaired) electrons. The van der Waals surface area contributed by atoms with Crippen molar-refractivity contribution in [1.29, 1.82) is 0 Å². The third kappa shape index (κ3) is 2.85. The minimum absolute atomic E-state index is 0.320. The lowest BCUT2D eigenvalue weighted by atomic mass is 9.91. The maximum atomic E-state index is 5.51. The highest BCUT2D eigenvalue weighted by molar-refractivity contribution is 5.40. The van der Waals surface area contributed by atoms with Gasteiger partial charge < -0.3 is 15.4 Å². The quantitative estimate of drug-likeness (QED) is 0.858. The Morgan fingerprint density at radius 1 is 1.39 bits per heavy atom. The second kappa shape index (κ2) is 6.21. The molecule has 1 aliphatic heterocycles. The van der Waals surface area contributed by atoms with E-state index in [0.29, 0.717) is 12.1 Å². The molecule has 3 nitrogen and oxygen atoms in total. The zero-order chi connectivity index (χ0) is 13.0. The molecule has 0 aromatic heterocycles. The first-order chi connectivity index (χ1) is 8.76. The van der Waals surface area contributed by atoms with Gasteiger partial charge in [0.1, 0.15) is 5.75 Å². The van der Waals surface area contributed by atoms with Crippen LogP contribution in [0.1, 0.15) is 36.4 Å². The average Bonchev–Trinajstić information content (AvgIpc) is 2.41. The molecule has 0 bridgehead atoms. The highest BCUT2D eigenvalue weighted by Crippen LogP contribution is 2.30. The van der Waals surface area contributed by atoms with Crippen molar-refractivity contribution in [3.63, 3.8) is 0 Å². The van der Waals surface area contributed by atoms with E-state index in [-0.39, 0.29) is 0 Å². The summed E-state index contributed by atoms with van der Waals surface area (Å²) in [5.41, 5.74) is 2.54. The zero-order valence-electron chi connectivity index (χ0n) is 11.6. The van der Waals surface area contributed by atoms with Gasteiger partial charge in [-0.2, -0.15) is 0 Å². The van der Waals surface area contributed by atoms with Gasteiger partial charge in [0.2, 0.25) is 0 Å². The summed E-state index contributed by atoms with van der Waals surface area (Å²) >= 11 is 0. The largest absolute Gasteiger partial charge is 0.496 e. The maximum Gasteiger partial charge on any atom is 0.123 e. The van der Waals surface area contributed by atoms with E-state index in [4.69, 9.17) is 4.74 Å². The lowest BCUT2D eigenvalue weighted by Crippen LogP contribution is -2.43. The first-order valence-electron chi connectivity index (χ1n) is 6.81. The summed E-state index contributed by atoms with van der Waals surface area (Å²) in [5.74, 6) is 0.979. The summed E-state index contributed by atoms with van der Waals surface area (Å²) in [6, 6.07) is 7.22. The molecule has 3 heteroatoms. The first-order valence-corrected chi connectivity index (χ1v) is 6.81. The molecule has 18 heavy (non-hydrogen) atoms. The van der Waals surface area contributed by atoms with Gasteiger partial charge in [-0.05, 0) is 39.4 Å². The van der Waals surface area contributed by atoms with E-state index in [9.17, 15) is 0 Å². The standard InChI is InChI=1S/C15H24N2O/c1-11-7-8-14(18-3)12(10-11)15(16-2)13-6-4-5-9-17-13/h7-8,10,13,15-17H,4-6,9H2,1-3H3. The SMILES string of the molecule is CNC(c1cc(C)ccc1OC)C1CCCCN1. The Bertz CT molecular complexity index is 386. The fourth-order valence-corrected chi connectivity index (χ4v) is 2.83. The van der Waals surface area contributed by atoms with Crippen LogP contribution in [0.25, 0.3) is 0 Å². The van der Waals surface area contributed by atoms with Crippen molar-refractivity contribution in [3.8, 4) is 5.75 Å². The van der Waals surface area contributed by atoms with Gasteiger partial charge in [-0.25, -0.2) is 0 Å². The molecule has 1 fully saturated rings. The molecular weight excluding hydrogens is 224 g/mol. The minimum Gasteiger partial charge on any atom is -0.496 e. The smallest absolute Gasteiger partial charge is 0.123 e. The summed E-state index contributed by atoms with van der Waals surface area (Å²) in [4.78, 5) is 0. The molecule has 2 unspecified atom stereocenters. The van der Waals surface area contributed by atoms with Gasteiger partial charge in [0.05, 0.1) is 13.2 Å². The normalized spacial score (nSPS) is 21.6. The lowest BCUT2D eigenvalue weighted by Gasteiger charge is -2.32. The van der Waals surface area contributed by atoms with Crippen LogP contribution in [0.5, 0.6) is 5.75 Å². The Morgan fingerprint density at radius 2 is 2.22 bits per heavy atom. The van der Waals surface area contributed by atoms with Crippen LogP contribution in [-0.2, 0) is 0 Å².